The van der Waals surface area contributed by atoms with Crippen molar-refractivity contribution >= 4 is 33.7 Å². The predicted octanol–water partition coefficient (Wildman–Crippen LogP) is 5.06. The summed E-state index contributed by atoms with van der Waals surface area (Å²) in [4.78, 5) is 12.2. The minimum absolute atomic E-state index is 0.349. The van der Waals surface area contributed by atoms with Crippen LogP contribution in [0, 0.1) is 11.8 Å². The first kappa shape index (κ1) is 14.9. The molecule has 1 aromatic carbocycles. The fraction of sp³-hybridized carbons (Fsp3) is 0.533. The molecule has 2 rings (SSSR count). The smallest absolute Gasteiger partial charge is 0.336 e. The topological polar surface area (TPSA) is 37.3 Å². The Morgan fingerprint density at radius 3 is 2.68 bits per heavy atom. The van der Waals surface area contributed by atoms with E-state index in [-0.39, 0.29) is 0 Å². The van der Waals surface area contributed by atoms with Gasteiger partial charge in [-0.2, -0.15) is 0 Å². The lowest BCUT2D eigenvalue weighted by molar-refractivity contribution is 0.0695. The van der Waals surface area contributed by atoms with Crippen LogP contribution in [0.2, 0.25) is 0 Å². The molecule has 0 amide bonds. The normalized spacial score (nSPS) is 27.2. The molecule has 104 valence electrons. The summed E-state index contributed by atoms with van der Waals surface area (Å²) in [7, 11) is 0. The van der Waals surface area contributed by atoms with Crippen molar-refractivity contribution in [3.8, 4) is 0 Å². The van der Waals surface area contributed by atoms with Crippen LogP contribution in [0.4, 0.5) is 0 Å². The van der Waals surface area contributed by atoms with Crippen LogP contribution in [0.25, 0.3) is 0 Å². The van der Waals surface area contributed by atoms with Crippen LogP contribution < -0.4 is 0 Å². The quantitative estimate of drug-likeness (QED) is 0.833. The molecule has 3 atom stereocenters. The van der Waals surface area contributed by atoms with Gasteiger partial charge >= 0.3 is 5.97 Å². The summed E-state index contributed by atoms with van der Waals surface area (Å²) in [6.45, 7) is 4.65. The largest absolute Gasteiger partial charge is 0.478 e. The molecule has 3 unspecified atom stereocenters. The number of carbonyl (C=O) groups is 1. The van der Waals surface area contributed by atoms with Crippen LogP contribution in [0.5, 0.6) is 0 Å². The Balaban J connectivity index is 2.07. The van der Waals surface area contributed by atoms with Crippen LogP contribution in [0.15, 0.2) is 27.6 Å². The highest BCUT2D eigenvalue weighted by molar-refractivity contribution is 9.10. The van der Waals surface area contributed by atoms with Gasteiger partial charge in [-0.05, 0) is 65.2 Å². The molecule has 2 nitrogen and oxygen atoms in total. The standard InChI is InChI=1S/C15H19BrO2S/c1-9-3-4-11(7-10(9)2)19-12-5-6-14(16)13(8-12)15(17)18/h5-6,8-11H,3-4,7H2,1-2H3,(H,17,18). The molecular weight excluding hydrogens is 324 g/mol. The molecular formula is C15H19BrO2S. The number of aromatic carboxylic acids is 1. The first-order chi connectivity index (χ1) is 8.97. The van der Waals surface area contributed by atoms with E-state index in [1.165, 1.54) is 19.3 Å². The summed E-state index contributed by atoms with van der Waals surface area (Å²) < 4.78 is 0.648. The van der Waals surface area contributed by atoms with Crippen molar-refractivity contribution in [1.29, 1.82) is 0 Å². The van der Waals surface area contributed by atoms with E-state index in [0.717, 1.165) is 16.7 Å². The third-order valence-corrected chi connectivity index (χ3v) is 6.00. The van der Waals surface area contributed by atoms with E-state index in [0.29, 0.717) is 15.3 Å². The molecule has 1 aliphatic rings. The van der Waals surface area contributed by atoms with Gasteiger partial charge in [0.25, 0.3) is 0 Å². The van der Waals surface area contributed by atoms with Gasteiger partial charge in [-0.3, -0.25) is 0 Å². The van der Waals surface area contributed by atoms with Gasteiger partial charge < -0.3 is 5.11 Å². The van der Waals surface area contributed by atoms with Crippen LogP contribution >= 0.6 is 27.7 Å². The van der Waals surface area contributed by atoms with E-state index in [9.17, 15) is 4.79 Å². The molecule has 0 saturated heterocycles. The molecule has 1 aliphatic carbocycles. The monoisotopic (exact) mass is 342 g/mol. The lowest BCUT2D eigenvalue weighted by Crippen LogP contribution is -2.22. The molecule has 0 aromatic heterocycles. The van der Waals surface area contributed by atoms with Crippen LogP contribution in [0.1, 0.15) is 43.5 Å². The molecule has 0 radical (unpaired) electrons. The molecule has 0 heterocycles. The molecule has 0 aliphatic heterocycles. The van der Waals surface area contributed by atoms with Gasteiger partial charge in [-0.1, -0.05) is 13.8 Å². The molecule has 4 heteroatoms. The highest BCUT2D eigenvalue weighted by Gasteiger charge is 2.25. The number of benzene rings is 1. The molecule has 0 bridgehead atoms. The summed E-state index contributed by atoms with van der Waals surface area (Å²) in [6.07, 6.45) is 3.74. The van der Waals surface area contributed by atoms with Gasteiger partial charge in [0.1, 0.15) is 0 Å². The number of thioether (sulfide) groups is 1. The van der Waals surface area contributed by atoms with E-state index in [2.05, 4.69) is 29.8 Å². The molecule has 1 saturated carbocycles. The van der Waals surface area contributed by atoms with Gasteiger partial charge in [0.2, 0.25) is 0 Å². The zero-order valence-corrected chi connectivity index (χ0v) is 13.6. The molecule has 1 N–H and O–H groups in total. The Morgan fingerprint density at radius 2 is 2.05 bits per heavy atom. The van der Waals surface area contributed by atoms with Gasteiger partial charge in [0.05, 0.1) is 5.56 Å². The van der Waals surface area contributed by atoms with Crippen molar-refractivity contribution in [3.63, 3.8) is 0 Å². The van der Waals surface area contributed by atoms with Gasteiger partial charge in [-0.25, -0.2) is 4.79 Å². The van der Waals surface area contributed by atoms with E-state index < -0.39 is 5.97 Å². The van der Waals surface area contributed by atoms with Crippen LogP contribution in [0.3, 0.4) is 0 Å². The molecule has 19 heavy (non-hydrogen) atoms. The van der Waals surface area contributed by atoms with E-state index in [4.69, 9.17) is 5.11 Å². The van der Waals surface area contributed by atoms with Crippen molar-refractivity contribution < 1.29 is 9.90 Å². The summed E-state index contributed by atoms with van der Waals surface area (Å²) in [5.41, 5.74) is 0.349. The molecule has 0 spiro atoms. The zero-order chi connectivity index (χ0) is 14.0. The fourth-order valence-electron chi connectivity index (χ4n) is 2.54. The van der Waals surface area contributed by atoms with E-state index in [1.807, 2.05) is 23.9 Å². The average molecular weight is 343 g/mol. The van der Waals surface area contributed by atoms with Gasteiger partial charge in [0, 0.05) is 14.6 Å². The Labute approximate surface area is 127 Å². The second-order valence-corrected chi connectivity index (χ2v) is 7.68. The summed E-state index contributed by atoms with van der Waals surface area (Å²) in [5, 5.41) is 9.75. The first-order valence-electron chi connectivity index (χ1n) is 6.67. The zero-order valence-electron chi connectivity index (χ0n) is 11.2. The maximum Gasteiger partial charge on any atom is 0.336 e. The number of hydrogen-bond acceptors (Lipinski definition) is 2. The lowest BCUT2D eigenvalue weighted by Gasteiger charge is -2.31. The first-order valence-corrected chi connectivity index (χ1v) is 8.34. The van der Waals surface area contributed by atoms with Crippen molar-refractivity contribution in [2.75, 3.05) is 0 Å². The summed E-state index contributed by atoms with van der Waals surface area (Å²) in [5.74, 6) is 0.706. The van der Waals surface area contributed by atoms with Crippen molar-refractivity contribution in [3.05, 3.63) is 28.2 Å². The van der Waals surface area contributed by atoms with Crippen molar-refractivity contribution in [2.24, 2.45) is 11.8 Å². The fourth-order valence-corrected chi connectivity index (χ4v) is 4.33. The van der Waals surface area contributed by atoms with Crippen molar-refractivity contribution in [2.45, 2.75) is 43.3 Å². The SMILES string of the molecule is CC1CCC(Sc2ccc(Br)c(C(=O)O)c2)CC1C. The maximum atomic E-state index is 11.1. The highest BCUT2D eigenvalue weighted by Crippen LogP contribution is 2.39. The highest BCUT2D eigenvalue weighted by atomic mass is 79.9. The third-order valence-electron chi connectivity index (χ3n) is 4.02. The Bertz CT molecular complexity index is 475. The van der Waals surface area contributed by atoms with Gasteiger partial charge in [0.15, 0.2) is 0 Å². The van der Waals surface area contributed by atoms with E-state index >= 15 is 0 Å². The van der Waals surface area contributed by atoms with Crippen LogP contribution in [-0.4, -0.2) is 16.3 Å². The maximum absolute atomic E-state index is 11.1. The molecule has 1 fully saturated rings. The minimum atomic E-state index is -0.875. The lowest BCUT2D eigenvalue weighted by atomic mass is 9.81. The Kier molecular flexibility index (Phi) is 4.96. The number of carboxylic acid groups (broad SMARTS) is 1. The number of halogens is 1. The number of rotatable bonds is 3. The minimum Gasteiger partial charge on any atom is -0.478 e. The Hall–Kier alpha value is -0.480. The van der Waals surface area contributed by atoms with Gasteiger partial charge in [-0.15, -0.1) is 11.8 Å². The average Bonchev–Trinajstić information content (AvgIpc) is 2.36. The summed E-state index contributed by atoms with van der Waals surface area (Å²) in [6, 6.07) is 5.62. The van der Waals surface area contributed by atoms with Crippen LogP contribution in [-0.2, 0) is 0 Å². The van der Waals surface area contributed by atoms with Crippen molar-refractivity contribution in [1.82, 2.24) is 0 Å². The third kappa shape index (κ3) is 3.76. The second kappa shape index (κ2) is 6.31. The second-order valence-electron chi connectivity index (χ2n) is 5.45. The predicted molar refractivity (Wildman–Crippen MR) is 82.9 cm³/mol. The number of carboxylic acids is 1. The summed E-state index contributed by atoms with van der Waals surface area (Å²) >= 11 is 5.11. The Morgan fingerprint density at radius 1 is 1.32 bits per heavy atom. The van der Waals surface area contributed by atoms with E-state index in [1.54, 1.807) is 6.07 Å². The molecule has 1 aromatic rings. The number of hydrogen-bond donors (Lipinski definition) is 1.